The van der Waals surface area contributed by atoms with E-state index in [-0.39, 0.29) is 6.10 Å². The minimum Gasteiger partial charge on any atom is -0.393 e. The molecule has 4 nitrogen and oxygen atoms in total. The molecule has 1 rings (SSSR count). The molecule has 15 heavy (non-hydrogen) atoms. The Morgan fingerprint density at radius 2 is 2.13 bits per heavy atom. The summed E-state index contributed by atoms with van der Waals surface area (Å²) in [6.45, 7) is 3.79. The van der Waals surface area contributed by atoms with Gasteiger partial charge in [-0.1, -0.05) is 6.42 Å². The van der Waals surface area contributed by atoms with Crippen LogP contribution in [-0.4, -0.2) is 51.2 Å². The van der Waals surface area contributed by atoms with Gasteiger partial charge in [0.2, 0.25) is 0 Å². The van der Waals surface area contributed by atoms with Crippen molar-refractivity contribution in [3.8, 4) is 0 Å². The molecule has 1 aliphatic rings. The Balaban J connectivity index is 1.84. The molecule has 2 N–H and O–H groups in total. The Bertz CT molecular complexity index is 155. The summed E-state index contributed by atoms with van der Waals surface area (Å²) < 4.78 is 10.2. The molecule has 90 valence electrons. The van der Waals surface area contributed by atoms with E-state index in [1.54, 1.807) is 7.11 Å². The first-order valence-electron chi connectivity index (χ1n) is 5.80. The molecule has 0 saturated heterocycles. The molecule has 1 saturated carbocycles. The fourth-order valence-electron chi connectivity index (χ4n) is 1.93. The van der Waals surface area contributed by atoms with Crippen LogP contribution in [-0.2, 0) is 9.47 Å². The summed E-state index contributed by atoms with van der Waals surface area (Å²) in [4.78, 5) is 0. The van der Waals surface area contributed by atoms with Crippen LogP contribution in [0, 0.1) is 5.92 Å². The Labute approximate surface area is 92.0 Å². The van der Waals surface area contributed by atoms with Crippen molar-refractivity contribution < 1.29 is 14.6 Å². The number of rotatable bonds is 8. The van der Waals surface area contributed by atoms with Crippen molar-refractivity contribution in [2.24, 2.45) is 5.92 Å². The molecule has 1 fully saturated rings. The lowest BCUT2D eigenvalue weighted by atomic mass is 10.1. The molecule has 0 amide bonds. The molecule has 0 heterocycles. The van der Waals surface area contributed by atoms with Gasteiger partial charge in [0.05, 0.1) is 25.9 Å². The van der Waals surface area contributed by atoms with E-state index in [1.807, 2.05) is 0 Å². The third kappa shape index (κ3) is 5.47. The summed E-state index contributed by atoms with van der Waals surface area (Å²) in [5.74, 6) is 0.448. The van der Waals surface area contributed by atoms with Crippen molar-refractivity contribution in [3.05, 3.63) is 0 Å². The highest BCUT2D eigenvalue weighted by atomic mass is 16.5. The Morgan fingerprint density at radius 3 is 2.80 bits per heavy atom. The molecule has 4 heteroatoms. The van der Waals surface area contributed by atoms with Crippen LogP contribution in [0.15, 0.2) is 0 Å². The quantitative estimate of drug-likeness (QED) is 0.578. The number of methoxy groups -OCH3 is 1. The number of aliphatic hydroxyl groups is 1. The number of hydrogen-bond acceptors (Lipinski definition) is 4. The van der Waals surface area contributed by atoms with Gasteiger partial charge in [-0.15, -0.1) is 0 Å². The first-order valence-corrected chi connectivity index (χ1v) is 5.80. The second-order valence-corrected chi connectivity index (χ2v) is 4.07. The van der Waals surface area contributed by atoms with Crippen LogP contribution in [0.25, 0.3) is 0 Å². The third-order valence-corrected chi connectivity index (χ3v) is 2.88. The topological polar surface area (TPSA) is 50.7 Å². The van der Waals surface area contributed by atoms with Crippen LogP contribution >= 0.6 is 0 Å². The summed E-state index contributed by atoms with van der Waals surface area (Å²) in [5, 5.41) is 12.9. The number of ether oxygens (including phenoxy) is 2. The van der Waals surface area contributed by atoms with Gasteiger partial charge >= 0.3 is 0 Å². The highest BCUT2D eigenvalue weighted by molar-refractivity contribution is 4.77. The second-order valence-electron chi connectivity index (χ2n) is 4.07. The Hall–Kier alpha value is -0.160. The first kappa shape index (κ1) is 12.9. The van der Waals surface area contributed by atoms with Crippen molar-refractivity contribution >= 4 is 0 Å². The second kappa shape index (κ2) is 8.05. The van der Waals surface area contributed by atoms with Gasteiger partial charge in [-0.2, -0.15) is 0 Å². The molecule has 0 aromatic heterocycles. The van der Waals surface area contributed by atoms with Crippen LogP contribution in [0.5, 0.6) is 0 Å². The maximum atomic E-state index is 9.57. The average Bonchev–Trinajstić information content (AvgIpc) is 2.63. The monoisotopic (exact) mass is 217 g/mol. The molecule has 0 bridgehead atoms. The van der Waals surface area contributed by atoms with Crippen molar-refractivity contribution in [2.75, 3.05) is 40.0 Å². The van der Waals surface area contributed by atoms with E-state index in [9.17, 15) is 5.11 Å². The van der Waals surface area contributed by atoms with Crippen molar-refractivity contribution in [2.45, 2.75) is 25.4 Å². The molecule has 0 aromatic carbocycles. The lowest BCUT2D eigenvalue weighted by molar-refractivity contribution is 0.0704. The number of aliphatic hydroxyl groups excluding tert-OH is 1. The van der Waals surface area contributed by atoms with E-state index in [2.05, 4.69) is 5.32 Å². The lowest BCUT2D eigenvalue weighted by Crippen LogP contribution is -2.30. The van der Waals surface area contributed by atoms with Crippen LogP contribution in [0.4, 0.5) is 0 Å². The van der Waals surface area contributed by atoms with Gasteiger partial charge in [0.15, 0.2) is 0 Å². The highest BCUT2D eigenvalue weighted by Gasteiger charge is 2.24. The molecule has 2 unspecified atom stereocenters. The summed E-state index contributed by atoms with van der Waals surface area (Å²) in [7, 11) is 1.67. The maximum Gasteiger partial charge on any atom is 0.0700 e. The molecule has 2 atom stereocenters. The molecule has 0 aliphatic heterocycles. The zero-order valence-electron chi connectivity index (χ0n) is 9.58. The number of hydrogen-bond donors (Lipinski definition) is 2. The van der Waals surface area contributed by atoms with Gasteiger partial charge in [0.25, 0.3) is 0 Å². The third-order valence-electron chi connectivity index (χ3n) is 2.88. The Morgan fingerprint density at radius 1 is 1.27 bits per heavy atom. The van der Waals surface area contributed by atoms with Gasteiger partial charge < -0.3 is 19.9 Å². The fraction of sp³-hybridized carbons (Fsp3) is 1.00. The molecule has 0 aromatic rings. The van der Waals surface area contributed by atoms with Gasteiger partial charge in [-0.3, -0.25) is 0 Å². The van der Waals surface area contributed by atoms with Crippen LogP contribution < -0.4 is 5.32 Å². The van der Waals surface area contributed by atoms with Gasteiger partial charge in [0, 0.05) is 20.2 Å². The minimum atomic E-state index is -0.0908. The molecule has 1 aliphatic carbocycles. The molecular formula is C11H23NO3. The van der Waals surface area contributed by atoms with E-state index >= 15 is 0 Å². The molecular weight excluding hydrogens is 194 g/mol. The van der Waals surface area contributed by atoms with E-state index in [1.165, 1.54) is 0 Å². The predicted molar refractivity (Wildman–Crippen MR) is 58.9 cm³/mol. The van der Waals surface area contributed by atoms with Gasteiger partial charge in [-0.25, -0.2) is 0 Å². The largest absolute Gasteiger partial charge is 0.393 e. The van der Waals surface area contributed by atoms with Crippen LogP contribution in [0.2, 0.25) is 0 Å². The van der Waals surface area contributed by atoms with Gasteiger partial charge in [0.1, 0.15) is 0 Å². The van der Waals surface area contributed by atoms with Crippen molar-refractivity contribution in [1.29, 1.82) is 0 Å². The van der Waals surface area contributed by atoms with Gasteiger partial charge in [-0.05, 0) is 18.8 Å². The predicted octanol–water partition coefficient (Wildman–Crippen LogP) is 0.400. The smallest absolute Gasteiger partial charge is 0.0700 e. The zero-order valence-corrected chi connectivity index (χ0v) is 9.58. The normalized spacial score (nSPS) is 26.0. The average molecular weight is 217 g/mol. The first-order chi connectivity index (χ1) is 7.34. The standard InChI is InChI=1S/C11H23NO3/c1-14-7-8-15-6-5-12-9-10-3-2-4-11(10)13/h10-13H,2-9H2,1H3. The lowest BCUT2D eigenvalue weighted by Gasteiger charge is -2.14. The van der Waals surface area contributed by atoms with Crippen molar-refractivity contribution in [1.82, 2.24) is 5.32 Å². The zero-order chi connectivity index (χ0) is 10.9. The molecule has 0 spiro atoms. The Kier molecular flexibility index (Phi) is 6.92. The summed E-state index contributed by atoms with van der Waals surface area (Å²) in [6.07, 6.45) is 3.19. The fourth-order valence-corrected chi connectivity index (χ4v) is 1.93. The summed E-state index contributed by atoms with van der Waals surface area (Å²) in [6, 6.07) is 0. The maximum absolute atomic E-state index is 9.57. The SMILES string of the molecule is COCCOCCNCC1CCCC1O. The highest BCUT2D eigenvalue weighted by Crippen LogP contribution is 2.24. The minimum absolute atomic E-state index is 0.0908. The summed E-state index contributed by atoms with van der Waals surface area (Å²) >= 11 is 0. The van der Waals surface area contributed by atoms with E-state index < -0.39 is 0 Å². The molecule has 0 radical (unpaired) electrons. The number of nitrogens with one attached hydrogen (secondary N) is 1. The summed E-state index contributed by atoms with van der Waals surface area (Å²) in [5.41, 5.74) is 0. The van der Waals surface area contributed by atoms with E-state index in [0.717, 1.165) is 32.4 Å². The van der Waals surface area contributed by atoms with Crippen LogP contribution in [0.1, 0.15) is 19.3 Å². The van der Waals surface area contributed by atoms with E-state index in [4.69, 9.17) is 9.47 Å². The van der Waals surface area contributed by atoms with Crippen LogP contribution in [0.3, 0.4) is 0 Å². The van der Waals surface area contributed by atoms with Crippen molar-refractivity contribution in [3.63, 3.8) is 0 Å². The van der Waals surface area contributed by atoms with E-state index in [0.29, 0.717) is 25.7 Å².